The minimum atomic E-state index is -4.96. The molecule has 1 fully saturated rings. The molecule has 0 aromatic carbocycles. The molecule has 0 aliphatic heterocycles. The topological polar surface area (TPSA) is 93.9 Å². The highest BCUT2D eigenvalue weighted by Crippen LogP contribution is 2.42. The fourth-order valence-electron chi connectivity index (χ4n) is 4.35. The van der Waals surface area contributed by atoms with Crippen LogP contribution in [-0.4, -0.2) is 69.4 Å². The zero-order valence-corrected chi connectivity index (χ0v) is 20.5. The van der Waals surface area contributed by atoms with Gasteiger partial charge in [0.05, 0.1) is 37.7 Å². The molecule has 0 unspecified atom stereocenters. The zero-order chi connectivity index (χ0) is 27.8. The summed E-state index contributed by atoms with van der Waals surface area (Å²) in [5.41, 5.74) is 0.187. The molecule has 1 aliphatic carbocycles. The van der Waals surface area contributed by atoms with E-state index in [2.05, 4.69) is 20.3 Å². The Morgan fingerprint density at radius 3 is 2.47 bits per heavy atom. The number of pyridine rings is 1. The summed E-state index contributed by atoms with van der Waals surface area (Å²) in [5.74, 6) is -1.36. The number of nitrogens with one attached hydrogen (secondary N) is 1. The van der Waals surface area contributed by atoms with Crippen LogP contribution in [0, 0.1) is 5.92 Å². The number of methoxy groups -OCH3 is 2. The number of rotatable bonds is 7. The van der Waals surface area contributed by atoms with E-state index >= 15 is 0 Å². The first kappa shape index (κ1) is 27.3. The Hall–Kier alpha value is -3.78. The van der Waals surface area contributed by atoms with E-state index in [4.69, 9.17) is 9.47 Å². The van der Waals surface area contributed by atoms with Gasteiger partial charge in [-0.15, -0.1) is 0 Å². The number of carbonyl (C=O) groups excluding carboxylic acids is 1. The number of aromatic nitrogens is 4. The van der Waals surface area contributed by atoms with Crippen molar-refractivity contribution in [2.24, 2.45) is 5.92 Å². The van der Waals surface area contributed by atoms with Crippen molar-refractivity contribution in [2.75, 3.05) is 20.8 Å². The Kier molecular flexibility index (Phi) is 7.30. The second kappa shape index (κ2) is 10.2. The van der Waals surface area contributed by atoms with E-state index in [0.717, 1.165) is 12.3 Å². The van der Waals surface area contributed by atoms with E-state index in [-0.39, 0.29) is 29.4 Å². The van der Waals surface area contributed by atoms with Gasteiger partial charge in [0, 0.05) is 36.7 Å². The molecule has 9 nitrogen and oxygen atoms in total. The van der Waals surface area contributed by atoms with Crippen molar-refractivity contribution in [2.45, 2.75) is 44.2 Å². The van der Waals surface area contributed by atoms with Crippen LogP contribution in [-0.2, 0) is 0 Å². The molecule has 0 bridgehead atoms. The molecule has 2 amide bonds. The van der Waals surface area contributed by atoms with Crippen molar-refractivity contribution in [3.63, 3.8) is 0 Å². The van der Waals surface area contributed by atoms with Gasteiger partial charge in [-0.25, -0.2) is 14.8 Å². The molecule has 3 heterocycles. The van der Waals surface area contributed by atoms with Gasteiger partial charge in [-0.2, -0.15) is 26.3 Å². The van der Waals surface area contributed by atoms with Crippen LogP contribution in [0.1, 0.15) is 31.5 Å². The van der Waals surface area contributed by atoms with Crippen molar-refractivity contribution in [3.8, 4) is 22.9 Å². The summed E-state index contributed by atoms with van der Waals surface area (Å²) in [5, 5.41) is 2.29. The number of hydrogen-bond donors (Lipinski definition) is 1. The van der Waals surface area contributed by atoms with Crippen molar-refractivity contribution in [3.05, 3.63) is 36.5 Å². The number of imidazole rings is 1. The smallest absolute Gasteiger partial charge is 0.414 e. The maximum atomic E-state index is 14.4. The number of fused-ring (bicyclic) bond motifs is 1. The first-order valence-corrected chi connectivity index (χ1v) is 11.5. The van der Waals surface area contributed by atoms with Crippen LogP contribution < -0.4 is 14.8 Å². The quantitative estimate of drug-likeness (QED) is 0.429. The highest BCUT2D eigenvalue weighted by atomic mass is 19.4. The lowest BCUT2D eigenvalue weighted by Gasteiger charge is -2.39. The number of amides is 2. The molecule has 0 radical (unpaired) electrons. The number of carbonyl (C=O) groups is 1. The molecule has 1 N–H and O–H groups in total. The second-order valence-corrected chi connectivity index (χ2v) is 8.69. The predicted molar refractivity (Wildman–Crippen MR) is 122 cm³/mol. The molecule has 38 heavy (non-hydrogen) atoms. The van der Waals surface area contributed by atoms with E-state index in [1.54, 1.807) is 10.6 Å². The standard InChI is InChI=1S/C23H24F6N6O3/c1-4-35(21(36)32-13-7-12(8-13)22(24,25)26)18(23(27,28)29)15-9-14(17(37-2)10-31-15)16-11-34-6-5-30-19(34)20(33-16)38-3/h5-6,9-13,18H,4,7-8H2,1-3H3,(H,32,36)/t12?,13?,18-/m0/s1. The Balaban J connectivity index is 1.69. The van der Waals surface area contributed by atoms with Gasteiger partial charge in [0.2, 0.25) is 0 Å². The molecule has 206 valence electrons. The first-order chi connectivity index (χ1) is 17.9. The number of urea groups is 1. The first-order valence-electron chi connectivity index (χ1n) is 11.5. The normalized spacial score (nSPS) is 18.6. The molecular weight excluding hydrogens is 522 g/mol. The van der Waals surface area contributed by atoms with Crippen LogP contribution >= 0.6 is 0 Å². The maximum absolute atomic E-state index is 14.4. The molecule has 1 aliphatic rings. The number of alkyl halides is 6. The van der Waals surface area contributed by atoms with Gasteiger partial charge in [-0.1, -0.05) is 0 Å². The van der Waals surface area contributed by atoms with Gasteiger partial charge in [0.25, 0.3) is 5.88 Å². The Morgan fingerprint density at radius 1 is 1.18 bits per heavy atom. The molecule has 0 saturated heterocycles. The van der Waals surface area contributed by atoms with Crippen molar-refractivity contribution < 1.29 is 40.6 Å². The Labute approximate surface area is 212 Å². The summed E-state index contributed by atoms with van der Waals surface area (Å²) < 4.78 is 93.6. The van der Waals surface area contributed by atoms with Gasteiger partial charge >= 0.3 is 18.4 Å². The van der Waals surface area contributed by atoms with Crippen LogP contribution in [0.25, 0.3) is 16.9 Å². The minimum absolute atomic E-state index is 0.115. The van der Waals surface area contributed by atoms with E-state index in [0.29, 0.717) is 10.5 Å². The lowest BCUT2D eigenvalue weighted by atomic mass is 9.80. The lowest BCUT2D eigenvalue weighted by Crippen LogP contribution is -2.54. The predicted octanol–water partition coefficient (Wildman–Crippen LogP) is 4.78. The molecule has 1 saturated carbocycles. The highest BCUT2D eigenvalue weighted by Gasteiger charge is 2.50. The van der Waals surface area contributed by atoms with Crippen molar-refractivity contribution >= 4 is 11.7 Å². The SMILES string of the molecule is CCN(C(=O)NC1CC(C(F)(F)F)C1)[C@@H](c1cc(-c2cn3ccnc3c(OC)n2)c(OC)cn1)C(F)(F)F. The van der Waals surface area contributed by atoms with E-state index in [1.165, 1.54) is 33.5 Å². The fraction of sp³-hybridized carbons (Fsp3) is 0.478. The number of hydrogen-bond acceptors (Lipinski definition) is 6. The van der Waals surface area contributed by atoms with E-state index in [1.807, 2.05) is 0 Å². The summed E-state index contributed by atoms with van der Waals surface area (Å²) in [6.07, 6.45) is -4.45. The molecule has 3 aromatic rings. The van der Waals surface area contributed by atoms with Crippen LogP contribution in [0.4, 0.5) is 31.1 Å². The monoisotopic (exact) mass is 546 g/mol. The van der Waals surface area contributed by atoms with E-state index in [9.17, 15) is 31.1 Å². The second-order valence-electron chi connectivity index (χ2n) is 8.69. The number of nitrogens with zero attached hydrogens (tertiary/aromatic N) is 5. The van der Waals surface area contributed by atoms with Crippen LogP contribution in [0.15, 0.2) is 30.9 Å². The third-order valence-corrected chi connectivity index (χ3v) is 6.35. The van der Waals surface area contributed by atoms with Gasteiger partial charge in [-0.05, 0) is 25.8 Å². The number of halogens is 6. The molecular formula is C23H24F6N6O3. The third-order valence-electron chi connectivity index (χ3n) is 6.35. The lowest BCUT2D eigenvalue weighted by molar-refractivity contribution is -0.198. The van der Waals surface area contributed by atoms with E-state index < -0.39 is 54.9 Å². The summed E-state index contributed by atoms with van der Waals surface area (Å²) in [6, 6.07) is -3.40. The summed E-state index contributed by atoms with van der Waals surface area (Å²) in [6.45, 7) is 0.947. The minimum Gasteiger partial charge on any atom is -0.494 e. The van der Waals surface area contributed by atoms with Gasteiger partial charge < -0.3 is 24.1 Å². The van der Waals surface area contributed by atoms with Crippen molar-refractivity contribution in [1.29, 1.82) is 0 Å². The maximum Gasteiger partial charge on any atom is 0.414 e. The Morgan fingerprint density at radius 2 is 1.89 bits per heavy atom. The molecule has 0 spiro atoms. The average molecular weight is 546 g/mol. The molecule has 1 atom stereocenters. The third kappa shape index (κ3) is 5.27. The zero-order valence-electron chi connectivity index (χ0n) is 20.5. The summed E-state index contributed by atoms with van der Waals surface area (Å²) in [4.78, 5) is 25.7. The average Bonchev–Trinajstić information content (AvgIpc) is 3.30. The van der Waals surface area contributed by atoms with Crippen LogP contribution in [0.3, 0.4) is 0 Å². The Bertz CT molecular complexity index is 1310. The molecule has 15 heteroatoms. The summed E-state index contributed by atoms with van der Waals surface area (Å²) >= 11 is 0. The van der Waals surface area contributed by atoms with Gasteiger partial charge in [-0.3, -0.25) is 4.98 Å². The van der Waals surface area contributed by atoms with Crippen LogP contribution in [0.2, 0.25) is 0 Å². The fourth-order valence-corrected chi connectivity index (χ4v) is 4.35. The summed E-state index contributed by atoms with van der Waals surface area (Å²) in [7, 11) is 2.68. The highest BCUT2D eigenvalue weighted by molar-refractivity contribution is 5.76. The van der Waals surface area contributed by atoms with Gasteiger partial charge in [0.15, 0.2) is 11.7 Å². The van der Waals surface area contributed by atoms with Crippen LogP contribution in [0.5, 0.6) is 11.6 Å². The number of ether oxygens (including phenoxy) is 2. The van der Waals surface area contributed by atoms with Gasteiger partial charge in [0.1, 0.15) is 5.75 Å². The largest absolute Gasteiger partial charge is 0.494 e. The molecule has 3 aromatic heterocycles. The molecule has 4 rings (SSSR count). The van der Waals surface area contributed by atoms with Crippen molar-refractivity contribution in [1.82, 2.24) is 29.6 Å².